The summed E-state index contributed by atoms with van der Waals surface area (Å²) in [4.78, 5) is 17.4. The highest BCUT2D eigenvalue weighted by molar-refractivity contribution is 6.11. The molecule has 3 rings (SSSR count). The number of nitrogens with zero attached hydrogens (tertiary/aromatic N) is 1. The van der Waals surface area contributed by atoms with Crippen molar-refractivity contribution in [1.82, 2.24) is 9.97 Å². The number of imidazole rings is 1. The molecule has 1 aromatic carbocycles. The Kier molecular flexibility index (Phi) is 11.0. The lowest BCUT2D eigenvalue weighted by Gasteiger charge is -2.24. The van der Waals surface area contributed by atoms with Gasteiger partial charge in [0.25, 0.3) is 0 Å². The molecule has 1 unspecified atom stereocenters. The number of aromatic nitrogens is 2. The third kappa shape index (κ3) is 7.68. The summed E-state index contributed by atoms with van der Waals surface area (Å²) in [5, 5.41) is 15.0. The predicted octanol–water partition coefficient (Wildman–Crippen LogP) is 4.38. The van der Waals surface area contributed by atoms with Crippen molar-refractivity contribution in [3.63, 3.8) is 0 Å². The minimum Gasteiger partial charge on any atom is -0.515 e. The highest BCUT2D eigenvalue weighted by Gasteiger charge is 2.24. The van der Waals surface area contributed by atoms with Crippen LogP contribution in [-0.4, -0.2) is 27.1 Å². The van der Waals surface area contributed by atoms with Crippen molar-refractivity contribution in [2.24, 2.45) is 23.1 Å². The molecule has 2 aromatic rings. The molecule has 0 amide bonds. The van der Waals surface area contributed by atoms with Crippen LogP contribution < -0.4 is 21.9 Å². The number of aromatic amines is 1. The average molecular weight is 487 g/mol. The Balaban J connectivity index is 0.000000466. The highest BCUT2D eigenvalue weighted by atomic mass is 19.1. The van der Waals surface area contributed by atoms with Gasteiger partial charge >= 0.3 is 0 Å². The first kappa shape index (κ1) is 27.6. The number of aliphatic hydroxyl groups is 1. The maximum absolute atomic E-state index is 14.9. The summed E-state index contributed by atoms with van der Waals surface area (Å²) in [6, 6.07) is 3.04. The summed E-state index contributed by atoms with van der Waals surface area (Å²) in [6.45, 7) is 1.43. The van der Waals surface area contributed by atoms with Crippen molar-refractivity contribution < 1.29 is 19.0 Å². The van der Waals surface area contributed by atoms with E-state index in [4.69, 9.17) is 32.5 Å². The van der Waals surface area contributed by atoms with Crippen LogP contribution in [0.15, 0.2) is 48.2 Å². The minimum absolute atomic E-state index is 0.0185. The van der Waals surface area contributed by atoms with Gasteiger partial charge in [-0.1, -0.05) is 32.1 Å². The summed E-state index contributed by atoms with van der Waals surface area (Å²) in [6.07, 6.45) is 13.4. The number of hydrogen-bond acceptors (Lipinski definition) is 8. The number of ether oxygens (including phenoxy) is 1. The molecule has 1 heterocycles. The number of nitrogens with two attached hydrogens (primary N) is 3. The molecular weight excluding hydrogens is 451 g/mol. The monoisotopic (exact) mass is 486 g/mol. The quantitative estimate of drug-likeness (QED) is 0.110. The average Bonchev–Trinajstić information content (AvgIpc) is 3.26. The molecule has 0 bridgehead atoms. The first-order chi connectivity index (χ1) is 16.9. The van der Waals surface area contributed by atoms with Crippen LogP contribution in [0, 0.1) is 17.1 Å². The molecular formula is C25H35FN6O3. The van der Waals surface area contributed by atoms with Crippen LogP contribution in [-0.2, 0) is 4.79 Å². The van der Waals surface area contributed by atoms with Gasteiger partial charge in [-0.15, -0.1) is 0 Å². The largest absolute Gasteiger partial charge is 0.515 e. The molecule has 0 aliphatic heterocycles. The van der Waals surface area contributed by atoms with Crippen molar-refractivity contribution in [1.29, 1.82) is 5.41 Å². The van der Waals surface area contributed by atoms with E-state index < -0.39 is 5.82 Å². The Morgan fingerprint density at radius 3 is 2.43 bits per heavy atom. The molecule has 10 heteroatoms. The van der Waals surface area contributed by atoms with Crippen LogP contribution in [0.25, 0.3) is 11.0 Å². The molecule has 1 saturated carbocycles. The normalized spacial score (nSPS) is 16.8. The van der Waals surface area contributed by atoms with Crippen LogP contribution in [0.3, 0.4) is 0 Å². The van der Waals surface area contributed by atoms with Gasteiger partial charge in [0.05, 0.1) is 23.4 Å². The van der Waals surface area contributed by atoms with E-state index in [0.29, 0.717) is 29.8 Å². The number of carbonyl (C=O) groups is 1. The van der Waals surface area contributed by atoms with Gasteiger partial charge in [-0.25, -0.2) is 9.37 Å². The summed E-state index contributed by atoms with van der Waals surface area (Å²) >= 11 is 0. The summed E-state index contributed by atoms with van der Waals surface area (Å²) in [5.41, 5.74) is 18.2. The van der Waals surface area contributed by atoms with Crippen LogP contribution in [0.1, 0.15) is 63.7 Å². The van der Waals surface area contributed by atoms with Crippen molar-refractivity contribution in [3.05, 3.63) is 59.8 Å². The number of H-pyrrole nitrogens is 1. The Labute approximate surface area is 204 Å². The van der Waals surface area contributed by atoms with Crippen molar-refractivity contribution in [3.8, 4) is 5.75 Å². The predicted molar refractivity (Wildman–Crippen MR) is 135 cm³/mol. The molecule has 1 aliphatic rings. The zero-order valence-electron chi connectivity index (χ0n) is 20.0. The minimum atomic E-state index is -0.551. The molecule has 190 valence electrons. The van der Waals surface area contributed by atoms with Gasteiger partial charge in [-0.05, 0) is 50.1 Å². The van der Waals surface area contributed by atoms with Gasteiger partial charge in [0.15, 0.2) is 17.9 Å². The second-order valence-corrected chi connectivity index (χ2v) is 8.38. The van der Waals surface area contributed by atoms with E-state index in [1.165, 1.54) is 63.6 Å². The maximum Gasteiger partial charge on any atom is 0.193 e. The lowest BCUT2D eigenvalue weighted by atomic mass is 9.86. The first-order valence-corrected chi connectivity index (χ1v) is 11.6. The Morgan fingerprint density at radius 2 is 1.91 bits per heavy atom. The number of allylic oxidation sites excluding steroid dienone is 2. The number of aldehydes is 1. The van der Waals surface area contributed by atoms with Crippen LogP contribution in [0.5, 0.6) is 5.75 Å². The molecule has 0 spiro atoms. The van der Waals surface area contributed by atoms with E-state index in [1.54, 1.807) is 6.07 Å². The molecule has 1 aromatic heterocycles. The van der Waals surface area contributed by atoms with Gasteiger partial charge in [0, 0.05) is 11.9 Å². The highest BCUT2D eigenvalue weighted by Crippen LogP contribution is 2.33. The van der Waals surface area contributed by atoms with Gasteiger partial charge in [0.2, 0.25) is 0 Å². The SMILES string of the molecule is CC(=N)/C(C=O)=C\O.N/C=C\C(=C/N)Oc1ccc2[nH]c(C(N)C3CCCCCCC3)nc2c1F. The van der Waals surface area contributed by atoms with E-state index in [2.05, 4.69) is 9.97 Å². The summed E-state index contributed by atoms with van der Waals surface area (Å²) < 4.78 is 20.3. The number of nitrogens with one attached hydrogen (secondary N) is 2. The number of hydrogen-bond donors (Lipinski definition) is 6. The molecule has 35 heavy (non-hydrogen) atoms. The smallest absolute Gasteiger partial charge is 0.193 e. The van der Waals surface area contributed by atoms with Crippen LogP contribution >= 0.6 is 0 Å². The zero-order valence-corrected chi connectivity index (χ0v) is 20.0. The van der Waals surface area contributed by atoms with E-state index in [0.717, 1.165) is 12.8 Å². The molecule has 1 aliphatic carbocycles. The molecule has 1 atom stereocenters. The molecule has 9 nitrogen and oxygen atoms in total. The zero-order chi connectivity index (χ0) is 25.8. The van der Waals surface area contributed by atoms with E-state index in [9.17, 15) is 9.18 Å². The van der Waals surface area contributed by atoms with Gasteiger partial charge < -0.3 is 37.4 Å². The number of benzene rings is 1. The first-order valence-electron chi connectivity index (χ1n) is 11.6. The second kappa shape index (κ2) is 13.9. The number of fused-ring (bicyclic) bond motifs is 1. The standard InChI is InChI=1S/C20H28FN5O.C5H7NO2/c21-17-16(27-14(12-23)10-11-22)9-8-15-19(17)26-20(25-15)18(24)13-6-4-2-1-3-5-7-13;1-4(6)5(2-7)3-8/h8-13,18H,1-7,22-24H2,(H,25,26);2-3,6-7H,1H3/b11-10-,14-12+;5-2-,6-4?. The van der Waals surface area contributed by atoms with Gasteiger partial charge in [-0.2, -0.15) is 0 Å². The van der Waals surface area contributed by atoms with E-state index >= 15 is 0 Å². The molecule has 9 N–H and O–H groups in total. The van der Waals surface area contributed by atoms with E-state index in [-0.39, 0.29) is 34.4 Å². The number of carbonyl (C=O) groups excluding carboxylic acids is 1. The van der Waals surface area contributed by atoms with Crippen molar-refractivity contribution in [2.75, 3.05) is 0 Å². The number of aliphatic hydroxyl groups excluding tert-OH is 1. The van der Waals surface area contributed by atoms with E-state index in [1.807, 2.05) is 0 Å². The third-order valence-electron chi connectivity index (χ3n) is 5.90. The fraction of sp³-hybridized carbons (Fsp3) is 0.400. The van der Waals surface area contributed by atoms with Crippen LogP contribution in [0.4, 0.5) is 4.39 Å². The van der Waals surface area contributed by atoms with Crippen molar-refractivity contribution in [2.45, 2.75) is 57.9 Å². The topological polar surface area (TPSA) is 177 Å². The van der Waals surface area contributed by atoms with Crippen LogP contribution in [0.2, 0.25) is 0 Å². The molecule has 1 fully saturated rings. The fourth-order valence-corrected chi connectivity index (χ4v) is 3.91. The van der Waals surface area contributed by atoms with Gasteiger partial charge in [0.1, 0.15) is 17.1 Å². The lowest BCUT2D eigenvalue weighted by Crippen LogP contribution is -2.23. The number of halogens is 1. The third-order valence-corrected chi connectivity index (χ3v) is 5.90. The molecule has 0 radical (unpaired) electrons. The second-order valence-electron chi connectivity index (χ2n) is 8.38. The Hall–Kier alpha value is -3.66. The summed E-state index contributed by atoms with van der Waals surface area (Å²) in [7, 11) is 0. The Morgan fingerprint density at radius 1 is 1.26 bits per heavy atom. The number of rotatable bonds is 7. The maximum atomic E-state index is 14.9. The fourth-order valence-electron chi connectivity index (χ4n) is 3.91. The molecule has 0 saturated heterocycles. The summed E-state index contributed by atoms with van der Waals surface area (Å²) in [5.74, 6) is 0.728. The lowest BCUT2D eigenvalue weighted by molar-refractivity contribution is -0.104. The van der Waals surface area contributed by atoms with Gasteiger partial charge in [-0.3, -0.25) is 4.79 Å². The Bertz CT molecular complexity index is 1080. The van der Waals surface area contributed by atoms with Crippen molar-refractivity contribution >= 4 is 23.0 Å².